The number of alkyl halides is 2. The molecule has 0 radical (unpaired) electrons. The Morgan fingerprint density at radius 3 is 2.50 bits per heavy atom. The molecular formula is C32H35F3N2O3. The van der Waals surface area contributed by atoms with Gasteiger partial charge in [0.05, 0.1) is 30.3 Å². The number of hydrogen-bond donors (Lipinski definition) is 0. The van der Waals surface area contributed by atoms with Gasteiger partial charge in [-0.1, -0.05) is 37.6 Å². The number of benzene rings is 2. The number of fused-ring (bicyclic) bond motifs is 1. The minimum absolute atomic E-state index is 0.141. The number of aryl methyl sites for hydroxylation is 2. The van der Waals surface area contributed by atoms with Crippen LogP contribution in [0.15, 0.2) is 78.0 Å². The van der Waals surface area contributed by atoms with Crippen molar-refractivity contribution in [2.45, 2.75) is 52.4 Å². The van der Waals surface area contributed by atoms with E-state index in [2.05, 4.69) is 6.08 Å². The summed E-state index contributed by atoms with van der Waals surface area (Å²) in [7, 11) is 3.13. The molecule has 0 fully saturated rings. The number of methoxy groups -OCH3 is 1. The SMILES string of the molecule is CCCC(F)(F)CCN(C)C1=CC(Oc2cc(F)ccc2C)=CN2C1=CCC=C2c1ccc(C(=O)OC)c(C)c1. The monoisotopic (exact) mass is 552 g/mol. The zero-order valence-corrected chi connectivity index (χ0v) is 23.6. The molecule has 0 atom stereocenters. The molecule has 4 rings (SSSR count). The van der Waals surface area contributed by atoms with Crippen LogP contribution in [0.2, 0.25) is 0 Å². The standard InChI is InChI=1S/C32H35F3N2O3/c1-6-14-32(34,35)15-16-36(4)29-19-25(40-30-18-24(33)12-10-21(30)2)20-37-27(8-7-9-28(29)37)23-11-13-26(22(3)17-23)31(38)39-5/h8-13,17-20H,6-7,14-16H2,1-5H3. The van der Waals surface area contributed by atoms with Gasteiger partial charge in [-0.2, -0.15) is 0 Å². The Balaban J connectivity index is 1.71. The molecule has 2 heterocycles. The topological polar surface area (TPSA) is 42.0 Å². The number of esters is 1. The average Bonchev–Trinajstić information content (AvgIpc) is 2.92. The average molecular weight is 553 g/mol. The maximum atomic E-state index is 14.4. The van der Waals surface area contributed by atoms with Crippen LogP contribution in [-0.4, -0.2) is 42.4 Å². The van der Waals surface area contributed by atoms with Crippen LogP contribution in [0, 0.1) is 19.7 Å². The fourth-order valence-electron chi connectivity index (χ4n) is 4.88. The number of likely N-dealkylation sites (N-methyl/N-ethyl adjacent to an activating group) is 1. The number of carbonyl (C=O) groups excluding carboxylic acids is 1. The maximum Gasteiger partial charge on any atom is 0.338 e. The zero-order chi connectivity index (χ0) is 29.0. The fraction of sp³-hybridized carbons (Fsp3) is 0.344. The molecule has 40 heavy (non-hydrogen) atoms. The molecule has 212 valence electrons. The first-order valence-corrected chi connectivity index (χ1v) is 13.4. The third-order valence-electron chi connectivity index (χ3n) is 7.08. The molecule has 2 aliphatic rings. The molecule has 0 unspecified atom stereocenters. The Bertz CT molecular complexity index is 1410. The predicted molar refractivity (Wildman–Crippen MR) is 150 cm³/mol. The molecule has 0 saturated carbocycles. The number of hydrogen-bond acceptors (Lipinski definition) is 5. The Kier molecular flexibility index (Phi) is 8.76. The third kappa shape index (κ3) is 6.43. The van der Waals surface area contributed by atoms with Crippen molar-refractivity contribution in [1.82, 2.24) is 9.80 Å². The van der Waals surface area contributed by atoms with Crippen molar-refractivity contribution in [2.24, 2.45) is 0 Å². The minimum Gasteiger partial charge on any atom is -0.465 e. The first-order chi connectivity index (χ1) is 19.0. The van der Waals surface area contributed by atoms with E-state index in [0.29, 0.717) is 35.6 Å². The van der Waals surface area contributed by atoms with Gasteiger partial charge in [-0.05, 0) is 55.2 Å². The number of carbonyl (C=O) groups is 1. The van der Waals surface area contributed by atoms with Crippen LogP contribution in [0.3, 0.4) is 0 Å². The molecule has 0 aliphatic carbocycles. The van der Waals surface area contributed by atoms with Crippen molar-refractivity contribution in [3.8, 4) is 5.75 Å². The van der Waals surface area contributed by atoms with Crippen molar-refractivity contribution < 1.29 is 27.4 Å². The number of nitrogens with zero attached hydrogens (tertiary/aromatic N) is 2. The van der Waals surface area contributed by atoms with Crippen molar-refractivity contribution >= 4 is 11.7 Å². The van der Waals surface area contributed by atoms with Crippen LogP contribution in [0.25, 0.3) is 5.70 Å². The van der Waals surface area contributed by atoms with Crippen LogP contribution in [0.4, 0.5) is 13.2 Å². The Labute approximate surface area is 233 Å². The van der Waals surface area contributed by atoms with Gasteiger partial charge in [0.2, 0.25) is 5.92 Å². The lowest BCUT2D eigenvalue weighted by Crippen LogP contribution is -2.33. The minimum atomic E-state index is -2.75. The highest BCUT2D eigenvalue weighted by Crippen LogP contribution is 2.38. The normalized spacial score (nSPS) is 14.9. The van der Waals surface area contributed by atoms with Crippen molar-refractivity contribution in [2.75, 3.05) is 20.7 Å². The van der Waals surface area contributed by atoms with Gasteiger partial charge in [-0.15, -0.1) is 0 Å². The molecular weight excluding hydrogens is 517 g/mol. The molecule has 0 bridgehead atoms. The van der Waals surface area contributed by atoms with Crippen LogP contribution < -0.4 is 4.74 Å². The van der Waals surface area contributed by atoms with E-state index in [-0.39, 0.29) is 19.4 Å². The lowest BCUT2D eigenvalue weighted by Gasteiger charge is -2.38. The molecule has 8 heteroatoms. The quantitative estimate of drug-likeness (QED) is 0.282. The van der Waals surface area contributed by atoms with Crippen molar-refractivity contribution in [1.29, 1.82) is 0 Å². The van der Waals surface area contributed by atoms with Gasteiger partial charge in [-0.3, -0.25) is 0 Å². The lowest BCUT2D eigenvalue weighted by atomic mass is 9.98. The van der Waals surface area contributed by atoms with E-state index in [4.69, 9.17) is 9.47 Å². The Hall–Kier alpha value is -3.94. The van der Waals surface area contributed by atoms with E-state index in [1.165, 1.54) is 19.2 Å². The van der Waals surface area contributed by atoms with Gasteiger partial charge >= 0.3 is 5.97 Å². The second-order valence-corrected chi connectivity index (χ2v) is 10.2. The number of ether oxygens (including phenoxy) is 2. The van der Waals surface area contributed by atoms with Crippen molar-refractivity contribution in [3.05, 3.63) is 106 Å². The van der Waals surface area contributed by atoms with Crippen LogP contribution >= 0.6 is 0 Å². The summed E-state index contributed by atoms with van der Waals surface area (Å²) >= 11 is 0. The van der Waals surface area contributed by atoms with E-state index < -0.39 is 17.7 Å². The Morgan fingerprint density at radius 1 is 1.05 bits per heavy atom. The molecule has 0 saturated heterocycles. The van der Waals surface area contributed by atoms with E-state index in [0.717, 1.165) is 28.1 Å². The number of allylic oxidation sites excluding steroid dienone is 3. The maximum absolute atomic E-state index is 14.4. The first-order valence-electron chi connectivity index (χ1n) is 13.4. The molecule has 0 N–H and O–H groups in total. The van der Waals surface area contributed by atoms with E-state index in [1.807, 2.05) is 48.1 Å². The summed E-state index contributed by atoms with van der Waals surface area (Å²) in [6.07, 6.45) is 8.31. The van der Waals surface area contributed by atoms with Gasteiger partial charge in [0, 0.05) is 44.3 Å². The summed E-state index contributed by atoms with van der Waals surface area (Å²) < 4.78 is 53.8. The lowest BCUT2D eigenvalue weighted by molar-refractivity contribution is -0.0213. The fourth-order valence-corrected chi connectivity index (χ4v) is 4.88. The van der Waals surface area contributed by atoms with Crippen LogP contribution in [-0.2, 0) is 4.74 Å². The van der Waals surface area contributed by atoms with E-state index in [9.17, 15) is 18.0 Å². The van der Waals surface area contributed by atoms with Gasteiger partial charge in [0.1, 0.15) is 17.3 Å². The second-order valence-electron chi connectivity index (χ2n) is 10.2. The predicted octanol–water partition coefficient (Wildman–Crippen LogP) is 7.73. The Morgan fingerprint density at radius 2 is 1.80 bits per heavy atom. The molecule has 0 amide bonds. The molecule has 2 aromatic carbocycles. The highest BCUT2D eigenvalue weighted by Gasteiger charge is 2.31. The summed E-state index contributed by atoms with van der Waals surface area (Å²) in [5.41, 5.74) is 5.27. The summed E-state index contributed by atoms with van der Waals surface area (Å²) in [6.45, 7) is 5.57. The van der Waals surface area contributed by atoms with Crippen molar-refractivity contribution in [3.63, 3.8) is 0 Å². The number of rotatable bonds is 10. The highest BCUT2D eigenvalue weighted by atomic mass is 19.3. The molecule has 2 aliphatic heterocycles. The molecule has 0 spiro atoms. The second kappa shape index (κ2) is 12.1. The van der Waals surface area contributed by atoms with Gasteiger partial charge in [0.15, 0.2) is 0 Å². The van der Waals surface area contributed by atoms with E-state index in [1.54, 1.807) is 32.2 Å². The van der Waals surface area contributed by atoms with Crippen LogP contribution in [0.1, 0.15) is 59.7 Å². The first kappa shape index (κ1) is 29.1. The largest absolute Gasteiger partial charge is 0.465 e. The molecule has 2 aromatic rings. The number of halogens is 3. The van der Waals surface area contributed by atoms with Gasteiger partial charge in [0.25, 0.3) is 0 Å². The van der Waals surface area contributed by atoms with Crippen LogP contribution in [0.5, 0.6) is 5.75 Å². The highest BCUT2D eigenvalue weighted by molar-refractivity contribution is 5.91. The summed E-state index contributed by atoms with van der Waals surface area (Å²) in [4.78, 5) is 15.9. The summed E-state index contributed by atoms with van der Waals surface area (Å²) in [5, 5.41) is 0. The summed E-state index contributed by atoms with van der Waals surface area (Å²) in [5.74, 6) is -2.78. The molecule has 0 aromatic heterocycles. The van der Waals surface area contributed by atoms with E-state index >= 15 is 0 Å². The summed E-state index contributed by atoms with van der Waals surface area (Å²) in [6, 6.07) is 9.84. The smallest absolute Gasteiger partial charge is 0.338 e. The third-order valence-corrected chi connectivity index (χ3v) is 7.08. The zero-order valence-electron chi connectivity index (χ0n) is 23.6. The van der Waals surface area contributed by atoms with Gasteiger partial charge in [-0.25, -0.2) is 18.0 Å². The van der Waals surface area contributed by atoms with Gasteiger partial charge < -0.3 is 19.3 Å². The molecule has 5 nitrogen and oxygen atoms in total.